The van der Waals surface area contributed by atoms with Crippen molar-refractivity contribution >= 4 is 32.8 Å². The van der Waals surface area contributed by atoms with Gasteiger partial charge < -0.3 is 15.2 Å². The van der Waals surface area contributed by atoms with Crippen LogP contribution in [-0.2, 0) is 21.4 Å². The minimum absolute atomic E-state index is 0.0994. The molecule has 0 saturated carbocycles. The van der Waals surface area contributed by atoms with E-state index in [1.165, 1.54) is 4.31 Å². The number of carbonyl (C=O) groups excluding carboxylic acids is 1. The number of aromatic nitrogens is 1. The molecule has 3 aromatic rings. The van der Waals surface area contributed by atoms with Gasteiger partial charge in [0, 0.05) is 54.9 Å². The van der Waals surface area contributed by atoms with Gasteiger partial charge in [-0.15, -0.1) is 0 Å². The summed E-state index contributed by atoms with van der Waals surface area (Å²) in [5.41, 5.74) is 3.21. The second kappa shape index (κ2) is 12.1. The number of nitrogens with zero attached hydrogens (tertiary/aromatic N) is 3. The molecule has 208 valence electrons. The zero-order valence-corrected chi connectivity index (χ0v) is 23.1. The molecule has 0 aliphatic carbocycles. The van der Waals surface area contributed by atoms with Crippen molar-refractivity contribution in [2.24, 2.45) is 0 Å². The van der Waals surface area contributed by atoms with Crippen LogP contribution in [0.1, 0.15) is 35.5 Å². The number of hydrogen-bond donors (Lipinski definition) is 2. The lowest BCUT2D eigenvalue weighted by atomic mass is 10.1. The number of sulfonamides is 1. The quantitative estimate of drug-likeness (QED) is 0.391. The number of aliphatic carboxylic acids is 1. The fourth-order valence-corrected chi connectivity index (χ4v) is 5.88. The van der Waals surface area contributed by atoms with Crippen LogP contribution in [0, 0.1) is 6.92 Å². The van der Waals surface area contributed by atoms with E-state index in [2.05, 4.69) is 10.3 Å². The molecule has 1 aliphatic heterocycles. The summed E-state index contributed by atoms with van der Waals surface area (Å²) in [7, 11) is -3.39. The first kappa shape index (κ1) is 28.5. The van der Waals surface area contributed by atoms with E-state index >= 15 is 0 Å². The molecule has 1 aliphatic rings. The van der Waals surface area contributed by atoms with Crippen LogP contribution in [0.3, 0.4) is 0 Å². The lowest BCUT2D eigenvalue weighted by Gasteiger charge is -2.37. The van der Waals surface area contributed by atoms with E-state index in [0.29, 0.717) is 17.9 Å². The van der Waals surface area contributed by atoms with Crippen molar-refractivity contribution < 1.29 is 27.9 Å². The SMILES string of the molecule is Cc1cc(COc2ccc(C(=O)NCC(C(=O)O)N3CCN(S(=O)(=O)C(C)C)CC3)cc2)c2ccccc2n1. The van der Waals surface area contributed by atoms with Crippen molar-refractivity contribution in [3.63, 3.8) is 0 Å². The predicted molar refractivity (Wildman–Crippen MR) is 148 cm³/mol. The molecule has 1 saturated heterocycles. The van der Waals surface area contributed by atoms with E-state index < -0.39 is 33.2 Å². The first-order chi connectivity index (χ1) is 18.6. The Bertz CT molecular complexity index is 1430. The molecule has 1 aromatic heterocycles. The number of hydrogen-bond acceptors (Lipinski definition) is 7. The molecule has 0 bridgehead atoms. The average molecular weight is 555 g/mol. The Morgan fingerprint density at radius 2 is 1.72 bits per heavy atom. The molecule has 39 heavy (non-hydrogen) atoms. The van der Waals surface area contributed by atoms with Crippen LogP contribution < -0.4 is 10.1 Å². The molecule has 11 heteroatoms. The summed E-state index contributed by atoms with van der Waals surface area (Å²) in [4.78, 5) is 30.9. The summed E-state index contributed by atoms with van der Waals surface area (Å²) in [5, 5.41) is 12.9. The summed E-state index contributed by atoms with van der Waals surface area (Å²) in [6.07, 6.45) is 0. The third-order valence-electron chi connectivity index (χ3n) is 6.85. The molecule has 2 aromatic carbocycles. The van der Waals surface area contributed by atoms with Crippen LogP contribution in [0.2, 0.25) is 0 Å². The maximum absolute atomic E-state index is 12.7. The second-order valence-electron chi connectivity index (χ2n) is 9.85. The van der Waals surface area contributed by atoms with Crippen molar-refractivity contribution in [3.8, 4) is 5.75 Å². The first-order valence-electron chi connectivity index (χ1n) is 12.9. The average Bonchev–Trinajstić information content (AvgIpc) is 2.92. The van der Waals surface area contributed by atoms with Gasteiger partial charge in [-0.3, -0.25) is 19.5 Å². The molecule has 10 nitrogen and oxygen atoms in total. The second-order valence-corrected chi connectivity index (χ2v) is 12.3. The van der Waals surface area contributed by atoms with Crippen LogP contribution in [0.5, 0.6) is 5.75 Å². The highest BCUT2D eigenvalue weighted by molar-refractivity contribution is 7.89. The molecule has 2 heterocycles. The normalized spacial score (nSPS) is 15.8. The number of benzene rings is 2. The lowest BCUT2D eigenvalue weighted by molar-refractivity contribution is -0.143. The third kappa shape index (κ3) is 6.73. The van der Waals surface area contributed by atoms with Crippen LogP contribution in [-0.4, -0.2) is 83.6 Å². The van der Waals surface area contributed by atoms with Crippen LogP contribution >= 0.6 is 0 Å². The molecule has 0 spiro atoms. The highest BCUT2D eigenvalue weighted by Crippen LogP contribution is 2.21. The van der Waals surface area contributed by atoms with Crippen molar-refractivity contribution in [3.05, 3.63) is 71.4 Å². The van der Waals surface area contributed by atoms with Crippen molar-refractivity contribution in [1.82, 2.24) is 19.5 Å². The number of carboxylic acid groups (broad SMARTS) is 1. The summed E-state index contributed by atoms with van der Waals surface area (Å²) in [6.45, 7) is 6.42. The highest BCUT2D eigenvalue weighted by Gasteiger charge is 2.34. The topological polar surface area (TPSA) is 129 Å². The fourth-order valence-electron chi connectivity index (χ4n) is 4.61. The smallest absolute Gasteiger partial charge is 0.322 e. The van der Waals surface area contributed by atoms with E-state index in [4.69, 9.17) is 4.74 Å². The van der Waals surface area contributed by atoms with Crippen LogP contribution in [0.25, 0.3) is 10.9 Å². The largest absolute Gasteiger partial charge is 0.489 e. The number of carbonyl (C=O) groups is 2. The Labute approximate surface area is 228 Å². The summed E-state index contributed by atoms with van der Waals surface area (Å²) >= 11 is 0. The number of para-hydroxylation sites is 1. The van der Waals surface area contributed by atoms with Gasteiger partial charge in [0.05, 0.1) is 10.8 Å². The van der Waals surface area contributed by atoms with Crippen LogP contribution in [0.4, 0.5) is 0 Å². The number of pyridine rings is 1. The standard InChI is InChI=1S/C28H34N4O6S/c1-19(2)39(36,37)32-14-12-31(13-15-32)26(28(34)35)17-29-27(33)21-8-10-23(11-9-21)38-18-22-16-20(3)30-25-7-5-4-6-24(22)25/h4-11,16,19,26H,12-15,17-18H2,1-3H3,(H,29,33)(H,34,35). The number of carboxylic acids is 1. The Morgan fingerprint density at radius 3 is 2.36 bits per heavy atom. The van der Waals surface area contributed by atoms with E-state index in [1.54, 1.807) is 43.0 Å². The molecular weight excluding hydrogens is 520 g/mol. The number of aryl methyl sites for hydroxylation is 1. The molecule has 1 fully saturated rings. The predicted octanol–water partition coefficient (Wildman–Crippen LogP) is 2.66. The minimum Gasteiger partial charge on any atom is -0.489 e. The maximum Gasteiger partial charge on any atom is 0.322 e. The number of amides is 1. The molecule has 4 rings (SSSR count). The van der Waals surface area contributed by atoms with E-state index in [-0.39, 0.29) is 32.7 Å². The molecule has 1 atom stereocenters. The number of fused-ring (bicyclic) bond motifs is 1. The number of ether oxygens (including phenoxy) is 1. The third-order valence-corrected chi connectivity index (χ3v) is 9.13. The number of piperazine rings is 1. The Morgan fingerprint density at radius 1 is 1.05 bits per heavy atom. The number of rotatable bonds is 10. The molecule has 0 radical (unpaired) electrons. The Balaban J connectivity index is 1.32. The van der Waals surface area contributed by atoms with Gasteiger partial charge in [0.25, 0.3) is 5.91 Å². The molecular formula is C28H34N4O6S. The van der Waals surface area contributed by atoms with Gasteiger partial charge >= 0.3 is 5.97 Å². The molecule has 1 unspecified atom stereocenters. The zero-order valence-electron chi connectivity index (χ0n) is 22.3. The monoisotopic (exact) mass is 554 g/mol. The maximum atomic E-state index is 12.7. The van der Waals surface area contributed by atoms with Crippen molar-refractivity contribution in [2.45, 2.75) is 38.7 Å². The van der Waals surface area contributed by atoms with Gasteiger partial charge in [-0.05, 0) is 57.2 Å². The van der Waals surface area contributed by atoms with E-state index in [1.807, 2.05) is 37.3 Å². The minimum atomic E-state index is -3.39. The van der Waals surface area contributed by atoms with Gasteiger partial charge in [-0.1, -0.05) is 18.2 Å². The van der Waals surface area contributed by atoms with Crippen molar-refractivity contribution in [2.75, 3.05) is 32.7 Å². The zero-order chi connectivity index (χ0) is 28.2. The highest BCUT2D eigenvalue weighted by atomic mass is 32.2. The van der Waals surface area contributed by atoms with E-state index in [0.717, 1.165) is 22.2 Å². The van der Waals surface area contributed by atoms with Gasteiger partial charge in [-0.2, -0.15) is 4.31 Å². The Hall–Kier alpha value is -3.54. The lowest BCUT2D eigenvalue weighted by Crippen LogP contribution is -2.57. The van der Waals surface area contributed by atoms with Gasteiger partial charge in [0.15, 0.2) is 0 Å². The van der Waals surface area contributed by atoms with Crippen LogP contribution in [0.15, 0.2) is 54.6 Å². The molecule has 2 N–H and O–H groups in total. The summed E-state index contributed by atoms with van der Waals surface area (Å²) in [6, 6.07) is 15.6. The van der Waals surface area contributed by atoms with E-state index in [9.17, 15) is 23.1 Å². The first-order valence-corrected chi connectivity index (χ1v) is 14.4. The fraction of sp³-hybridized carbons (Fsp3) is 0.393. The van der Waals surface area contributed by atoms with Gasteiger partial charge in [0.2, 0.25) is 10.0 Å². The number of nitrogens with one attached hydrogen (secondary N) is 1. The summed E-state index contributed by atoms with van der Waals surface area (Å²) in [5.74, 6) is -0.870. The van der Waals surface area contributed by atoms with Gasteiger partial charge in [0.1, 0.15) is 18.4 Å². The summed E-state index contributed by atoms with van der Waals surface area (Å²) < 4.78 is 32.1. The Kier molecular flexibility index (Phi) is 8.83. The van der Waals surface area contributed by atoms with Gasteiger partial charge in [-0.25, -0.2) is 8.42 Å². The van der Waals surface area contributed by atoms with Crippen molar-refractivity contribution in [1.29, 1.82) is 0 Å². The molecule has 1 amide bonds.